The Morgan fingerprint density at radius 1 is 1.08 bits per heavy atom. The van der Waals surface area contributed by atoms with Crippen molar-refractivity contribution in [3.63, 3.8) is 0 Å². The molecule has 278 valence electrons. The van der Waals surface area contributed by atoms with Crippen LogP contribution in [0.25, 0.3) is 0 Å². The van der Waals surface area contributed by atoms with Crippen molar-refractivity contribution in [2.75, 3.05) is 6.54 Å². The molecule has 1 aromatic carbocycles. The molecule has 1 saturated heterocycles. The monoisotopic (exact) mass is 729 g/mol. The van der Waals surface area contributed by atoms with Crippen molar-refractivity contribution in [3.05, 3.63) is 47.3 Å². The van der Waals surface area contributed by atoms with E-state index in [-0.39, 0.29) is 38.0 Å². The molecule has 1 unspecified atom stereocenters. The molecule has 2 heterocycles. The number of esters is 2. The number of nitrogens with one attached hydrogen (secondary N) is 2. The number of halogens is 1. The van der Waals surface area contributed by atoms with E-state index in [0.29, 0.717) is 44.1 Å². The van der Waals surface area contributed by atoms with Gasteiger partial charge in [-0.1, -0.05) is 37.1 Å². The van der Waals surface area contributed by atoms with Crippen LogP contribution in [-0.2, 0) is 56.3 Å². The number of hydrogen-bond donors (Lipinski definition) is 2. The van der Waals surface area contributed by atoms with E-state index in [9.17, 15) is 36.8 Å². The van der Waals surface area contributed by atoms with Gasteiger partial charge < -0.3 is 19.7 Å². The molecule has 2 aliphatic heterocycles. The number of fused-ring (bicyclic) bond motifs is 3. The number of rotatable bonds is 7. The van der Waals surface area contributed by atoms with Crippen molar-refractivity contribution < 1.29 is 46.3 Å². The van der Waals surface area contributed by atoms with E-state index < -0.39 is 86.0 Å². The molecule has 3 aliphatic carbocycles. The van der Waals surface area contributed by atoms with Crippen LogP contribution in [0, 0.1) is 23.6 Å². The molecular weight excluding hydrogens is 681 g/mol. The molecular formula is C37H48FN3O9S. The van der Waals surface area contributed by atoms with Crippen LogP contribution in [0.5, 0.6) is 0 Å². The lowest BCUT2D eigenvalue weighted by molar-refractivity contribution is -0.159. The van der Waals surface area contributed by atoms with E-state index in [1.807, 2.05) is 12.2 Å². The second-order valence-electron chi connectivity index (χ2n) is 15.8. The number of benzene rings is 1. The second kappa shape index (κ2) is 14.3. The van der Waals surface area contributed by atoms with Crippen LogP contribution in [0.3, 0.4) is 0 Å². The minimum atomic E-state index is -3.91. The van der Waals surface area contributed by atoms with Gasteiger partial charge in [-0.2, -0.15) is 0 Å². The highest BCUT2D eigenvalue weighted by molar-refractivity contribution is 7.91. The van der Waals surface area contributed by atoms with Crippen LogP contribution in [0.1, 0.15) is 96.1 Å². The van der Waals surface area contributed by atoms with Gasteiger partial charge in [0.25, 0.3) is 5.91 Å². The third kappa shape index (κ3) is 8.47. The molecule has 1 aromatic rings. The van der Waals surface area contributed by atoms with E-state index in [2.05, 4.69) is 10.0 Å². The molecule has 0 aromatic heterocycles. The fraction of sp³-hybridized carbons (Fsp3) is 0.649. The Hall–Kier alpha value is -3.81. The topological polar surface area (TPSA) is 165 Å². The summed E-state index contributed by atoms with van der Waals surface area (Å²) in [6, 6.07) is 3.54. The average molecular weight is 730 g/mol. The van der Waals surface area contributed by atoms with E-state index >= 15 is 0 Å². The van der Waals surface area contributed by atoms with Crippen LogP contribution >= 0.6 is 0 Å². The first-order valence-corrected chi connectivity index (χ1v) is 19.6. The van der Waals surface area contributed by atoms with E-state index in [1.54, 1.807) is 32.9 Å². The fourth-order valence-corrected chi connectivity index (χ4v) is 8.96. The first-order chi connectivity index (χ1) is 24.1. The second-order valence-corrected chi connectivity index (χ2v) is 17.7. The van der Waals surface area contributed by atoms with Gasteiger partial charge in [0.2, 0.25) is 21.8 Å². The maximum absolute atomic E-state index is 14.4. The van der Waals surface area contributed by atoms with Crippen molar-refractivity contribution in [3.8, 4) is 0 Å². The van der Waals surface area contributed by atoms with Gasteiger partial charge in [0.05, 0.1) is 24.1 Å². The number of hydrogen-bond acceptors (Lipinski definition) is 9. The molecule has 0 radical (unpaired) electrons. The van der Waals surface area contributed by atoms with Gasteiger partial charge in [-0.25, -0.2) is 12.8 Å². The Balaban J connectivity index is 1.25. The summed E-state index contributed by atoms with van der Waals surface area (Å²) in [4.78, 5) is 69.9. The predicted molar refractivity (Wildman–Crippen MR) is 183 cm³/mol. The van der Waals surface area contributed by atoms with E-state index in [1.165, 1.54) is 11.0 Å². The van der Waals surface area contributed by atoms with Crippen LogP contribution in [0.15, 0.2) is 30.4 Å². The molecule has 6 rings (SSSR count). The summed E-state index contributed by atoms with van der Waals surface area (Å²) < 4.78 is 53.6. The number of sulfonamides is 1. The number of ether oxygens (including phenoxy) is 2. The molecule has 3 amide bonds. The summed E-state index contributed by atoms with van der Waals surface area (Å²) in [5.41, 5.74) is -1.10. The number of carbonyl (C=O) groups is 5. The van der Waals surface area contributed by atoms with Crippen molar-refractivity contribution in [2.24, 2.45) is 17.8 Å². The Bertz CT molecular complexity index is 1720. The lowest BCUT2D eigenvalue weighted by Crippen LogP contribution is -2.57. The van der Waals surface area contributed by atoms with Gasteiger partial charge in [0.15, 0.2) is 0 Å². The summed E-state index contributed by atoms with van der Waals surface area (Å²) in [6.07, 6.45) is 7.42. The first-order valence-electron chi connectivity index (χ1n) is 18.1. The summed E-state index contributed by atoms with van der Waals surface area (Å²) >= 11 is 0. The fourth-order valence-electron chi connectivity index (χ4n) is 7.60. The van der Waals surface area contributed by atoms with Crippen LogP contribution in [0.2, 0.25) is 0 Å². The Morgan fingerprint density at radius 2 is 1.84 bits per heavy atom. The Labute approximate surface area is 298 Å². The summed E-state index contributed by atoms with van der Waals surface area (Å²) in [7, 11) is -3.91. The molecule has 12 nitrogen and oxygen atoms in total. The van der Waals surface area contributed by atoms with E-state index in [4.69, 9.17) is 9.47 Å². The molecule has 2 N–H and O–H groups in total. The normalized spacial score (nSPS) is 30.4. The van der Waals surface area contributed by atoms with Crippen molar-refractivity contribution in [1.82, 2.24) is 14.9 Å². The minimum Gasteiger partial charge on any atom is -0.460 e. The van der Waals surface area contributed by atoms with Crippen LogP contribution < -0.4 is 10.0 Å². The average Bonchev–Trinajstić information content (AvgIpc) is 3.93. The van der Waals surface area contributed by atoms with Crippen molar-refractivity contribution in [2.45, 2.75) is 126 Å². The number of amides is 3. The van der Waals surface area contributed by atoms with Gasteiger partial charge in [0.1, 0.15) is 29.1 Å². The van der Waals surface area contributed by atoms with Crippen LogP contribution in [0.4, 0.5) is 4.39 Å². The van der Waals surface area contributed by atoms with Gasteiger partial charge >= 0.3 is 11.9 Å². The van der Waals surface area contributed by atoms with Crippen molar-refractivity contribution >= 4 is 39.7 Å². The molecule has 6 atom stereocenters. The van der Waals surface area contributed by atoms with Gasteiger partial charge in [0, 0.05) is 18.3 Å². The highest BCUT2D eigenvalue weighted by Crippen LogP contribution is 2.46. The molecule has 51 heavy (non-hydrogen) atoms. The van der Waals surface area contributed by atoms with Gasteiger partial charge in [-0.05, 0) is 89.3 Å². The Kier molecular flexibility index (Phi) is 10.4. The quantitative estimate of drug-likeness (QED) is 0.316. The summed E-state index contributed by atoms with van der Waals surface area (Å²) in [5, 5.41) is 2.16. The largest absolute Gasteiger partial charge is 0.460 e. The van der Waals surface area contributed by atoms with Crippen LogP contribution in [-0.4, -0.2) is 78.1 Å². The number of carbonyl (C=O) groups excluding carboxylic acids is 5. The standard InChI is InChI=1S/C37H48FN3O9S/c1-36(2,3)50-31(42)18-23-10-7-5-4-6-8-12-25-20-37(25,35(46)40-51(47,48)27-14-15-27)39-32(43)30-19-26(21-41(30)33(23)44)49-34(45)24-16-22-11-9-13-29(38)28(22)17-24/h8-9,11-13,23-27,30H,4-7,10,14-21H2,1-3H3,(H,39,43)(H,40,46)/b12-8-/t23-,24?,25-,26-,30+,37-/m1/s1. The SMILES string of the molecule is CC(C)(C)OC(=O)C[C@H]1CCCCC/C=C\[C@@H]2C[C@@]2(C(=O)NS(=O)(=O)C2CC2)NC(=O)[C@@H]2C[C@@H](OC(=O)C3Cc4cccc(F)c4C3)CN2C1=O. The maximum Gasteiger partial charge on any atom is 0.309 e. The van der Waals surface area contributed by atoms with E-state index in [0.717, 1.165) is 18.4 Å². The molecule has 0 spiro atoms. The number of nitrogens with zero attached hydrogens (tertiary/aromatic N) is 1. The predicted octanol–water partition coefficient (Wildman–Crippen LogP) is 3.40. The van der Waals surface area contributed by atoms with Gasteiger partial charge in [-0.3, -0.25) is 28.7 Å². The summed E-state index contributed by atoms with van der Waals surface area (Å²) in [5.74, 6) is -5.37. The minimum absolute atomic E-state index is 0.0743. The molecule has 0 bridgehead atoms. The molecule has 2 saturated carbocycles. The molecule has 5 aliphatic rings. The zero-order valence-electron chi connectivity index (χ0n) is 29.5. The lowest BCUT2D eigenvalue weighted by Gasteiger charge is -2.30. The lowest BCUT2D eigenvalue weighted by atomic mass is 9.95. The zero-order valence-corrected chi connectivity index (χ0v) is 30.3. The smallest absolute Gasteiger partial charge is 0.309 e. The van der Waals surface area contributed by atoms with Gasteiger partial charge in [-0.15, -0.1) is 0 Å². The third-order valence-electron chi connectivity index (χ3n) is 10.5. The highest BCUT2D eigenvalue weighted by Gasteiger charge is 2.62. The third-order valence-corrected chi connectivity index (χ3v) is 12.4. The highest BCUT2D eigenvalue weighted by atomic mass is 32.2. The molecule has 3 fully saturated rings. The molecule has 14 heteroatoms. The number of allylic oxidation sites excluding steroid dienone is 1. The maximum atomic E-state index is 14.4. The zero-order chi connectivity index (χ0) is 36.7. The first kappa shape index (κ1) is 37.0. The van der Waals surface area contributed by atoms with Crippen molar-refractivity contribution in [1.29, 1.82) is 0 Å². The Morgan fingerprint density at radius 3 is 2.55 bits per heavy atom. The summed E-state index contributed by atoms with van der Waals surface area (Å²) in [6.45, 7) is 5.09.